The van der Waals surface area contributed by atoms with Crippen molar-refractivity contribution in [1.29, 1.82) is 0 Å². The lowest BCUT2D eigenvalue weighted by Gasteiger charge is -2.22. The molecular weight excluding hydrogens is 285 g/mol. The molecule has 20 heavy (non-hydrogen) atoms. The Morgan fingerprint density at radius 1 is 1.40 bits per heavy atom. The Morgan fingerprint density at radius 2 is 2.00 bits per heavy atom. The van der Waals surface area contributed by atoms with E-state index in [0.29, 0.717) is 5.75 Å². The molecular formula is C13H18FNO4S. The molecule has 0 atom stereocenters. The Kier molecular flexibility index (Phi) is 4.75. The van der Waals surface area contributed by atoms with E-state index in [0.717, 1.165) is 12.3 Å². The highest BCUT2D eigenvalue weighted by molar-refractivity contribution is 7.92. The summed E-state index contributed by atoms with van der Waals surface area (Å²) in [5, 5.41) is 2.43. The zero-order valence-corrected chi connectivity index (χ0v) is 12.7. The van der Waals surface area contributed by atoms with Gasteiger partial charge in [0.05, 0.1) is 17.4 Å². The molecule has 0 saturated heterocycles. The van der Waals surface area contributed by atoms with E-state index < -0.39 is 26.3 Å². The molecule has 1 amide bonds. The van der Waals surface area contributed by atoms with E-state index >= 15 is 0 Å². The van der Waals surface area contributed by atoms with Crippen LogP contribution in [0.4, 0.5) is 4.39 Å². The van der Waals surface area contributed by atoms with Gasteiger partial charge in [0.2, 0.25) is 0 Å². The fourth-order valence-electron chi connectivity index (χ4n) is 1.33. The van der Waals surface area contributed by atoms with Gasteiger partial charge in [-0.3, -0.25) is 4.79 Å². The van der Waals surface area contributed by atoms with Crippen molar-refractivity contribution in [3.8, 4) is 5.75 Å². The van der Waals surface area contributed by atoms with Crippen LogP contribution < -0.4 is 10.1 Å². The van der Waals surface area contributed by atoms with Gasteiger partial charge in [-0.25, -0.2) is 12.8 Å². The third-order valence-corrected chi connectivity index (χ3v) is 5.25. The molecule has 7 heteroatoms. The number of ether oxygens (including phenoxy) is 1. The Morgan fingerprint density at radius 3 is 2.45 bits per heavy atom. The Bertz CT molecular complexity index is 611. The smallest absolute Gasteiger partial charge is 0.254 e. The summed E-state index contributed by atoms with van der Waals surface area (Å²) >= 11 is 0. The minimum atomic E-state index is -3.33. The zero-order chi connectivity index (χ0) is 15.6. The summed E-state index contributed by atoms with van der Waals surface area (Å²) in [7, 11) is -1.94. The first-order valence-corrected chi connectivity index (χ1v) is 7.79. The molecule has 1 N–H and O–H groups in total. The van der Waals surface area contributed by atoms with Gasteiger partial charge in [-0.15, -0.1) is 0 Å². The highest BCUT2D eigenvalue weighted by Gasteiger charge is 2.30. The molecule has 0 aliphatic heterocycles. The van der Waals surface area contributed by atoms with Crippen LogP contribution in [0.5, 0.6) is 5.75 Å². The summed E-state index contributed by atoms with van der Waals surface area (Å²) in [6, 6.07) is 3.84. The number of carbonyl (C=O) groups is 1. The first-order valence-electron chi connectivity index (χ1n) is 5.90. The summed E-state index contributed by atoms with van der Waals surface area (Å²) in [4.78, 5) is 11.9. The minimum Gasteiger partial charge on any atom is -0.497 e. The van der Waals surface area contributed by atoms with Crippen LogP contribution >= 0.6 is 0 Å². The van der Waals surface area contributed by atoms with Gasteiger partial charge < -0.3 is 10.1 Å². The summed E-state index contributed by atoms with van der Waals surface area (Å²) < 4.78 is 40.4. The number of hydrogen-bond donors (Lipinski definition) is 1. The second-order valence-electron chi connectivity index (χ2n) is 5.06. The fraction of sp³-hybridized carbons (Fsp3) is 0.462. The monoisotopic (exact) mass is 303 g/mol. The van der Waals surface area contributed by atoms with Gasteiger partial charge >= 0.3 is 0 Å². The van der Waals surface area contributed by atoms with Crippen LogP contribution in [-0.2, 0) is 9.84 Å². The molecule has 0 heterocycles. The van der Waals surface area contributed by atoms with Crippen LogP contribution in [0.2, 0.25) is 0 Å². The molecule has 0 bridgehead atoms. The molecule has 0 saturated carbocycles. The standard InChI is InChI=1S/C13H18FNO4S/c1-13(2,20(4,17)18)8-15-12(16)10-6-5-9(19-3)7-11(10)14/h5-7H,8H2,1-4H3,(H,15,16). The molecule has 1 rings (SSSR count). The van der Waals surface area contributed by atoms with Crippen molar-refractivity contribution in [2.45, 2.75) is 18.6 Å². The van der Waals surface area contributed by atoms with Gasteiger partial charge in [-0.1, -0.05) is 0 Å². The van der Waals surface area contributed by atoms with Crippen molar-refractivity contribution < 1.29 is 22.3 Å². The molecule has 1 aromatic rings. The van der Waals surface area contributed by atoms with Crippen molar-refractivity contribution in [1.82, 2.24) is 5.32 Å². The second kappa shape index (κ2) is 5.78. The van der Waals surface area contributed by atoms with Crippen molar-refractivity contribution >= 4 is 15.7 Å². The first-order chi connectivity index (χ1) is 9.08. The molecule has 0 fully saturated rings. The molecule has 5 nitrogen and oxygen atoms in total. The minimum absolute atomic E-state index is 0.101. The van der Waals surface area contributed by atoms with Crippen LogP contribution in [0.3, 0.4) is 0 Å². The molecule has 112 valence electrons. The highest BCUT2D eigenvalue weighted by Crippen LogP contribution is 2.17. The predicted octanol–water partition coefficient (Wildman–Crippen LogP) is 1.39. The van der Waals surface area contributed by atoms with Gasteiger partial charge in [0, 0.05) is 18.9 Å². The lowest BCUT2D eigenvalue weighted by atomic mass is 10.1. The molecule has 1 aromatic carbocycles. The maximum atomic E-state index is 13.7. The third kappa shape index (κ3) is 3.69. The maximum absolute atomic E-state index is 13.7. The topological polar surface area (TPSA) is 72.5 Å². The fourth-order valence-corrected chi connectivity index (χ4v) is 1.66. The summed E-state index contributed by atoms with van der Waals surface area (Å²) in [6.45, 7) is 2.89. The molecule has 0 aliphatic rings. The number of hydrogen-bond acceptors (Lipinski definition) is 4. The van der Waals surface area contributed by atoms with Crippen molar-refractivity contribution in [2.75, 3.05) is 19.9 Å². The molecule has 0 unspecified atom stereocenters. The van der Waals surface area contributed by atoms with Crippen LogP contribution in [0, 0.1) is 5.82 Å². The molecule has 0 spiro atoms. The van der Waals surface area contributed by atoms with Crippen LogP contribution in [0.25, 0.3) is 0 Å². The van der Waals surface area contributed by atoms with Crippen LogP contribution in [0.1, 0.15) is 24.2 Å². The normalized spacial score (nSPS) is 12.1. The SMILES string of the molecule is COc1ccc(C(=O)NCC(C)(C)S(C)(=O)=O)c(F)c1. The number of benzene rings is 1. The number of sulfone groups is 1. The third-order valence-electron chi connectivity index (χ3n) is 3.10. The van der Waals surface area contributed by atoms with E-state index in [1.807, 2.05) is 0 Å². The lowest BCUT2D eigenvalue weighted by Crippen LogP contribution is -2.43. The van der Waals surface area contributed by atoms with E-state index in [1.54, 1.807) is 0 Å². The average molecular weight is 303 g/mol. The van der Waals surface area contributed by atoms with Crippen molar-refractivity contribution in [3.63, 3.8) is 0 Å². The Balaban J connectivity index is 2.83. The van der Waals surface area contributed by atoms with Gasteiger partial charge in [-0.2, -0.15) is 0 Å². The lowest BCUT2D eigenvalue weighted by molar-refractivity contribution is 0.0946. The van der Waals surface area contributed by atoms with Crippen LogP contribution in [0.15, 0.2) is 18.2 Å². The quantitative estimate of drug-likeness (QED) is 0.892. The predicted molar refractivity (Wildman–Crippen MR) is 74.2 cm³/mol. The van der Waals surface area contributed by atoms with E-state index in [9.17, 15) is 17.6 Å². The second-order valence-corrected chi connectivity index (χ2v) is 7.71. The summed E-state index contributed by atoms with van der Waals surface area (Å²) in [5.74, 6) is -1.09. The maximum Gasteiger partial charge on any atom is 0.254 e. The van der Waals surface area contributed by atoms with E-state index in [-0.39, 0.29) is 12.1 Å². The van der Waals surface area contributed by atoms with Crippen molar-refractivity contribution in [2.24, 2.45) is 0 Å². The molecule has 0 aromatic heterocycles. The number of amides is 1. The molecule has 0 radical (unpaired) electrons. The number of methoxy groups -OCH3 is 1. The average Bonchev–Trinajstić information content (AvgIpc) is 2.34. The first kappa shape index (κ1) is 16.4. The van der Waals surface area contributed by atoms with Crippen molar-refractivity contribution in [3.05, 3.63) is 29.6 Å². The number of halogens is 1. The molecule has 0 aliphatic carbocycles. The largest absolute Gasteiger partial charge is 0.497 e. The number of nitrogens with one attached hydrogen (secondary N) is 1. The number of rotatable bonds is 5. The summed E-state index contributed by atoms with van der Waals surface area (Å²) in [6.07, 6.45) is 1.09. The highest BCUT2D eigenvalue weighted by atomic mass is 32.2. The summed E-state index contributed by atoms with van der Waals surface area (Å²) in [5.41, 5.74) is -0.157. The van der Waals surface area contributed by atoms with Gasteiger partial charge in [0.25, 0.3) is 5.91 Å². The van der Waals surface area contributed by atoms with Gasteiger partial charge in [0.1, 0.15) is 11.6 Å². The Labute approximate surface area is 118 Å². The van der Waals surface area contributed by atoms with Gasteiger partial charge in [0.15, 0.2) is 9.84 Å². The van der Waals surface area contributed by atoms with E-state index in [2.05, 4.69) is 5.32 Å². The van der Waals surface area contributed by atoms with Crippen LogP contribution in [-0.4, -0.2) is 39.0 Å². The number of carbonyl (C=O) groups excluding carboxylic acids is 1. The zero-order valence-electron chi connectivity index (χ0n) is 11.9. The van der Waals surface area contributed by atoms with Gasteiger partial charge in [-0.05, 0) is 26.0 Å². The van der Waals surface area contributed by atoms with E-state index in [1.165, 1.54) is 33.1 Å². The Hall–Kier alpha value is -1.63. The van der Waals surface area contributed by atoms with E-state index in [4.69, 9.17) is 4.74 Å².